The van der Waals surface area contributed by atoms with Gasteiger partial charge in [-0.2, -0.15) is 0 Å². The van der Waals surface area contributed by atoms with Crippen LogP contribution in [0.15, 0.2) is 60.7 Å². The molecule has 0 spiro atoms. The molecular weight excluding hydrogens is 315 g/mol. The molecule has 1 heterocycles. The molecule has 4 heteroatoms. The van der Waals surface area contributed by atoms with Gasteiger partial charge in [0.05, 0.1) is 6.10 Å². The van der Waals surface area contributed by atoms with Crippen LogP contribution in [-0.2, 0) is 0 Å². The zero-order chi connectivity index (χ0) is 17.5. The summed E-state index contributed by atoms with van der Waals surface area (Å²) in [5.41, 5.74) is 2.00. The van der Waals surface area contributed by atoms with Crippen LogP contribution in [0, 0.1) is 5.82 Å². The topological polar surface area (TPSA) is 26.7 Å². The molecule has 1 N–H and O–H groups in total. The van der Waals surface area contributed by atoms with Gasteiger partial charge in [-0.15, -0.1) is 0 Å². The summed E-state index contributed by atoms with van der Waals surface area (Å²) in [4.78, 5) is 4.69. The summed E-state index contributed by atoms with van der Waals surface area (Å²) in [5.74, 6) is -0.270. The van der Waals surface area contributed by atoms with Crippen molar-refractivity contribution in [1.29, 1.82) is 0 Å². The van der Waals surface area contributed by atoms with Crippen LogP contribution >= 0.6 is 0 Å². The van der Waals surface area contributed by atoms with Crippen LogP contribution in [0.5, 0.6) is 0 Å². The van der Waals surface area contributed by atoms with Gasteiger partial charge in [0.2, 0.25) is 0 Å². The Bertz CT molecular complexity index is 664. The smallest absolute Gasteiger partial charge is 0.123 e. The predicted octanol–water partition coefficient (Wildman–Crippen LogP) is 3.19. The highest BCUT2D eigenvalue weighted by Gasteiger charge is 2.19. The number of aliphatic hydroxyl groups is 1. The van der Waals surface area contributed by atoms with Crippen LogP contribution in [-0.4, -0.2) is 54.2 Å². The molecule has 0 amide bonds. The van der Waals surface area contributed by atoms with E-state index in [1.165, 1.54) is 17.7 Å². The van der Waals surface area contributed by atoms with Gasteiger partial charge in [0.15, 0.2) is 0 Å². The third-order valence-corrected chi connectivity index (χ3v) is 4.62. The first-order valence-corrected chi connectivity index (χ1v) is 8.80. The molecule has 0 aromatic heterocycles. The molecule has 1 saturated heterocycles. The lowest BCUT2D eigenvalue weighted by molar-refractivity contribution is 0.0763. The van der Waals surface area contributed by atoms with Gasteiger partial charge in [0.25, 0.3) is 0 Å². The third-order valence-electron chi connectivity index (χ3n) is 4.62. The summed E-state index contributed by atoms with van der Waals surface area (Å²) >= 11 is 0. The van der Waals surface area contributed by atoms with E-state index in [4.69, 9.17) is 0 Å². The fraction of sp³-hybridized carbons (Fsp3) is 0.333. The zero-order valence-corrected chi connectivity index (χ0v) is 14.4. The van der Waals surface area contributed by atoms with E-state index in [1.54, 1.807) is 12.1 Å². The summed E-state index contributed by atoms with van der Waals surface area (Å²) in [6, 6.07) is 16.4. The van der Waals surface area contributed by atoms with Gasteiger partial charge >= 0.3 is 0 Å². The molecule has 1 atom stereocenters. The number of β-amino-alcohol motifs (C(OH)–C–C–N with tert-alkyl or cyclic N) is 1. The maximum atomic E-state index is 13.0. The first kappa shape index (κ1) is 17.8. The quantitative estimate of drug-likeness (QED) is 0.875. The molecule has 132 valence electrons. The zero-order valence-electron chi connectivity index (χ0n) is 14.4. The number of halogens is 1. The van der Waals surface area contributed by atoms with Gasteiger partial charge in [-0.3, -0.25) is 9.80 Å². The second-order valence-corrected chi connectivity index (χ2v) is 6.48. The fourth-order valence-corrected chi connectivity index (χ4v) is 3.09. The molecule has 0 bridgehead atoms. The maximum Gasteiger partial charge on any atom is 0.123 e. The Kier molecular flexibility index (Phi) is 6.34. The molecule has 0 aliphatic carbocycles. The maximum absolute atomic E-state index is 13.0. The second-order valence-electron chi connectivity index (χ2n) is 6.48. The van der Waals surface area contributed by atoms with Crippen LogP contribution in [0.2, 0.25) is 0 Å². The van der Waals surface area contributed by atoms with Crippen molar-refractivity contribution in [3.63, 3.8) is 0 Å². The van der Waals surface area contributed by atoms with Crippen LogP contribution in [0.3, 0.4) is 0 Å². The minimum Gasteiger partial charge on any atom is -0.387 e. The van der Waals surface area contributed by atoms with Crippen molar-refractivity contribution in [2.24, 2.45) is 0 Å². The number of piperazine rings is 1. The van der Waals surface area contributed by atoms with E-state index in [0.29, 0.717) is 6.54 Å². The van der Waals surface area contributed by atoms with Gasteiger partial charge in [-0.1, -0.05) is 54.6 Å². The van der Waals surface area contributed by atoms with E-state index in [0.717, 1.165) is 38.3 Å². The number of aliphatic hydroxyl groups excluding tert-OH is 1. The number of hydrogen-bond donors (Lipinski definition) is 1. The number of benzene rings is 2. The monoisotopic (exact) mass is 340 g/mol. The molecule has 25 heavy (non-hydrogen) atoms. The van der Waals surface area contributed by atoms with Crippen LogP contribution in [0.1, 0.15) is 17.2 Å². The minimum atomic E-state index is -0.565. The predicted molar refractivity (Wildman–Crippen MR) is 99.7 cm³/mol. The molecule has 2 aromatic carbocycles. The van der Waals surface area contributed by atoms with E-state index in [1.807, 2.05) is 18.2 Å². The van der Waals surface area contributed by atoms with Gasteiger partial charge in [0, 0.05) is 39.3 Å². The number of rotatable bonds is 6. The largest absolute Gasteiger partial charge is 0.387 e. The molecule has 3 rings (SSSR count). The Hall–Kier alpha value is -2.01. The average molecular weight is 340 g/mol. The van der Waals surface area contributed by atoms with E-state index in [9.17, 15) is 9.50 Å². The Morgan fingerprint density at radius 1 is 0.920 bits per heavy atom. The van der Waals surface area contributed by atoms with Crippen molar-refractivity contribution in [1.82, 2.24) is 9.80 Å². The van der Waals surface area contributed by atoms with Crippen LogP contribution in [0.4, 0.5) is 4.39 Å². The second kappa shape index (κ2) is 8.90. The molecule has 2 aromatic rings. The fourth-order valence-electron chi connectivity index (χ4n) is 3.09. The van der Waals surface area contributed by atoms with Gasteiger partial charge in [-0.25, -0.2) is 4.39 Å². The van der Waals surface area contributed by atoms with Gasteiger partial charge in [0.1, 0.15) is 5.82 Å². The Morgan fingerprint density at radius 3 is 2.24 bits per heavy atom. The SMILES string of the molecule is OC(CN1CCN(C/C=C/c2ccccc2)CC1)c1ccc(F)cc1. The molecule has 0 saturated carbocycles. The van der Waals surface area contributed by atoms with Crippen LogP contribution < -0.4 is 0 Å². The Morgan fingerprint density at radius 2 is 1.56 bits per heavy atom. The number of hydrogen-bond acceptors (Lipinski definition) is 3. The van der Waals surface area contributed by atoms with Crippen molar-refractivity contribution in [3.8, 4) is 0 Å². The highest BCUT2D eigenvalue weighted by Crippen LogP contribution is 2.16. The number of nitrogens with zero attached hydrogens (tertiary/aromatic N) is 2. The molecular formula is C21H25FN2O. The lowest BCUT2D eigenvalue weighted by Gasteiger charge is -2.35. The summed E-state index contributed by atoms with van der Waals surface area (Å²) in [6.07, 6.45) is 3.80. The van der Waals surface area contributed by atoms with E-state index < -0.39 is 6.10 Å². The standard InChI is InChI=1S/C21H25FN2O/c22-20-10-8-19(9-11-20)21(25)17-24-15-13-23(14-16-24)12-4-7-18-5-2-1-3-6-18/h1-11,21,25H,12-17H2/b7-4+. The molecule has 1 aliphatic rings. The summed E-state index contributed by atoms with van der Waals surface area (Å²) in [7, 11) is 0. The summed E-state index contributed by atoms with van der Waals surface area (Å²) in [5, 5.41) is 10.3. The highest BCUT2D eigenvalue weighted by atomic mass is 19.1. The van der Waals surface area contributed by atoms with E-state index in [2.05, 4.69) is 34.1 Å². The van der Waals surface area contributed by atoms with Crippen molar-refractivity contribution >= 4 is 6.08 Å². The minimum absolute atomic E-state index is 0.270. The van der Waals surface area contributed by atoms with Gasteiger partial charge in [-0.05, 0) is 23.3 Å². The first-order valence-electron chi connectivity index (χ1n) is 8.80. The summed E-state index contributed by atoms with van der Waals surface area (Å²) in [6.45, 7) is 5.42. The van der Waals surface area contributed by atoms with Crippen LogP contribution in [0.25, 0.3) is 6.08 Å². The van der Waals surface area contributed by atoms with Crippen molar-refractivity contribution < 1.29 is 9.50 Å². The highest BCUT2D eigenvalue weighted by molar-refractivity contribution is 5.48. The normalized spacial score (nSPS) is 17.8. The summed E-state index contributed by atoms with van der Waals surface area (Å²) < 4.78 is 13.0. The van der Waals surface area contributed by atoms with Crippen molar-refractivity contribution in [3.05, 3.63) is 77.6 Å². The van der Waals surface area contributed by atoms with E-state index in [-0.39, 0.29) is 5.82 Å². The molecule has 1 aliphatic heterocycles. The Balaban J connectivity index is 1.41. The molecule has 1 fully saturated rings. The van der Waals surface area contributed by atoms with Crippen molar-refractivity contribution in [2.75, 3.05) is 39.3 Å². The molecule has 3 nitrogen and oxygen atoms in total. The van der Waals surface area contributed by atoms with Gasteiger partial charge < -0.3 is 5.11 Å². The molecule has 1 unspecified atom stereocenters. The van der Waals surface area contributed by atoms with E-state index >= 15 is 0 Å². The van der Waals surface area contributed by atoms with Crippen molar-refractivity contribution in [2.45, 2.75) is 6.10 Å². The average Bonchev–Trinajstić information content (AvgIpc) is 2.64. The third kappa shape index (κ3) is 5.49. The molecule has 0 radical (unpaired) electrons. The Labute approximate surface area is 149 Å². The lowest BCUT2D eigenvalue weighted by Crippen LogP contribution is -2.47. The first-order chi connectivity index (χ1) is 12.2. The lowest BCUT2D eigenvalue weighted by atomic mass is 10.1.